The molecule has 0 radical (unpaired) electrons. The van der Waals surface area contributed by atoms with Crippen molar-refractivity contribution in [1.82, 2.24) is 4.98 Å². The number of aromatic nitrogens is 1. The Morgan fingerprint density at radius 1 is 1.03 bits per heavy atom. The van der Waals surface area contributed by atoms with Gasteiger partial charge in [0.1, 0.15) is 10.8 Å². The number of hydrogen-bond donors (Lipinski definition) is 1. The Labute approximate surface area is 183 Å². The van der Waals surface area contributed by atoms with Crippen LogP contribution in [-0.2, 0) is 9.59 Å². The molecule has 4 aromatic rings. The van der Waals surface area contributed by atoms with Gasteiger partial charge in [-0.25, -0.2) is 4.98 Å². The quantitative estimate of drug-likeness (QED) is 0.512. The second-order valence-corrected chi connectivity index (χ2v) is 8.29. The third-order valence-electron chi connectivity index (χ3n) is 5.14. The molecule has 2 heterocycles. The molecular weight excluding hydrogens is 410 g/mol. The fourth-order valence-corrected chi connectivity index (χ4v) is 4.55. The van der Waals surface area contributed by atoms with Gasteiger partial charge in [0.2, 0.25) is 5.91 Å². The molecule has 0 saturated carbocycles. The number of carbonyl (C=O) groups is 2. The lowest BCUT2D eigenvalue weighted by Gasteiger charge is -2.33. The molecule has 3 aromatic carbocycles. The predicted molar refractivity (Wildman–Crippen MR) is 123 cm³/mol. The maximum atomic E-state index is 12.8. The highest BCUT2D eigenvalue weighted by Crippen LogP contribution is 2.34. The van der Waals surface area contributed by atoms with Gasteiger partial charge in [0.15, 0.2) is 6.10 Å². The van der Waals surface area contributed by atoms with Gasteiger partial charge in [0.25, 0.3) is 5.91 Å². The van der Waals surface area contributed by atoms with Crippen molar-refractivity contribution in [2.24, 2.45) is 0 Å². The lowest BCUT2D eigenvalue weighted by atomic mass is 10.1. The summed E-state index contributed by atoms with van der Waals surface area (Å²) in [6.45, 7) is 1.65. The van der Waals surface area contributed by atoms with Crippen LogP contribution in [-0.4, -0.2) is 29.4 Å². The molecule has 2 amide bonds. The summed E-state index contributed by atoms with van der Waals surface area (Å²) in [6.07, 6.45) is -0.789. The number of hydrogen-bond acceptors (Lipinski definition) is 5. The normalized spacial score (nSPS) is 15.3. The van der Waals surface area contributed by atoms with Crippen LogP contribution >= 0.6 is 11.3 Å². The van der Waals surface area contributed by atoms with E-state index >= 15 is 0 Å². The SMILES string of the molecule is CC(=O)N1C[C@@H](C(=O)Nc2ccc(-c3nc4ccccc4s3)cc2)Oc2ccccc21. The summed E-state index contributed by atoms with van der Waals surface area (Å²) in [4.78, 5) is 31.1. The van der Waals surface area contributed by atoms with Gasteiger partial charge >= 0.3 is 0 Å². The van der Waals surface area contributed by atoms with Crippen molar-refractivity contribution in [2.45, 2.75) is 13.0 Å². The van der Waals surface area contributed by atoms with Crippen molar-refractivity contribution in [1.29, 1.82) is 0 Å². The van der Waals surface area contributed by atoms with Crippen LogP contribution in [0.1, 0.15) is 6.92 Å². The Hall–Kier alpha value is -3.71. The standard InChI is InChI=1S/C24H19N3O3S/c1-15(28)27-14-21(30-20-8-4-3-7-19(20)27)23(29)25-17-12-10-16(11-13-17)24-26-18-6-2-5-9-22(18)31-24/h2-13,21H,14H2,1H3,(H,25,29)/t21-/m0/s1. The highest BCUT2D eigenvalue weighted by molar-refractivity contribution is 7.21. The van der Waals surface area contributed by atoms with E-state index in [1.807, 2.05) is 60.7 Å². The summed E-state index contributed by atoms with van der Waals surface area (Å²) in [5.74, 6) is 0.0949. The summed E-state index contributed by atoms with van der Waals surface area (Å²) >= 11 is 1.63. The number of rotatable bonds is 3. The van der Waals surface area contributed by atoms with Crippen LogP contribution in [0.3, 0.4) is 0 Å². The minimum Gasteiger partial charge on any atom is -0.476 e. The van der Waals surface area contributed by atoms with Gasteiger partial charge in [0, 0.05) is 18.2 Å². The number of fused-ring (bicyclic) bond motifs is 2. The summed E-state index contributed by atoms with van der Waals surface area (Å²) in [7, 11) is 0. The van der Waals surface area contributed by atoms with E-state index in [1.165, 1.54) is 6.92 Å². The van der Waals surface area contributed by atoms with Gasteiger partial charge in [0.05, 0.1) is 22.4 Å². The van der Waals surface area contributed by atoms with E-state index < -0.39 is 6.10 Å². The Morgan fingerprint density at radius 2 is 1.77 bits per heavy atom. The first kappa shape index (κ1) is 19.3. The van der Waals surface area contributed by atoms with Crippen molar-refractivity contribution in [3.8, 4) is 16.3 Å². The topological polar surface area (TPSA) is 71.5 Å². The molecule has 5 rings (SSSR count). The van der Waals surface area contributed by atoms with Crippen molar-refractivity contribution in [3.05, 3.63) is 72.8 Å². The summed E-state index contributed by atoms with van der Waals surface area (Å²) < 4.78 is 7.00. The molecule has 7 heteroatoms. The average molecular weight is 430 g/mol. The number of thiazole rings is 1. The Bertz CT molecular complexity index is 1250. The number of benzene rings is 3. The van der Waals surface area contributed by atoms with E-state index in [0.717, 1.165) is 20.8 Å². The van der Waals surface area contributed by atoms with E-state index in [4.69, 9.17) is 4.74 Å². The van der Waals surface area contributed by atoms with Crippen LogP contribution < -0.4 is 15.0 Å². The Balaban J connectivity index is 1.32. The van der Waals surface area contributed by atoms with Gasteiger partial charge in [-0.05, 0) is 48.5 Å². The molecule has 0 unspecified atom stereocenters. The van der Waals surface area contributed by atoms with Gasteiger partial charge in [-0.1, -0.05) is 24.3 Å². The molecule has 0 saturated heterocycles. The lowest BCUT2D eigenvalue weighted by molar-refractivity contribution is -0.123. The van der Waals surface area contributed by atoms with Crippen LogP contribution in [0.2, 0.25) is 0 Å². The zero-order valence-corrected chi connectivity index (χ0v) is 17.6. The smallest absolute Gasteiger partial charge is 0.267 e. The van der Waals surface area contributed by atoms with E-state index in [-0.39, 0.29) is 18.4 Å². The monoisotopic (exact) mass is 429 g/mol. The molecule has 1 atom stereocenters. The van der Waals surface area contributed by atoms with Crippen molar-refractivity contribution in [3.63, 3.8) is 0 Å². The fourth-order valence-electron chi connectivity index (χ4n) is 3.58. The first-order valence-electron chi connectivity index (χ1n) is 9.89. The molecule has 0 aliphatic carbocycles. The first-order chi connectivity index (χ1) is 15.1. The molecular formula is C24H19N3O3S. The predicted octanol–water partition coefficient (Wildman–Crippen LogP) is 4.72. The van der Waals surface area contributed by atoms with Crippen LogP contribution in [0.15, 0.2) is 72.8 Å². The molecule has 0 spiro atoms. The molecule has 31 heavy (non-hydrogen) atoms. The van der Waals surface area contributed by atoms with Crippen LogP contribution in [0.25, 0.3) is 20.8 Å². The zero-order chi connectivity index (χ0) is 21.4. The summed E-state index contributed by atoms with van der Waals surface area (Å²) in [5.41, 5.74) is 3.31. The van der Waals surface area contributed by atoms with Gasteiger partial charge in [-0.2, -0.15) is 0 Å². The molecule has 0 bridgehead atoms. The minimum absolute atomic E-state index is 0.131. The van der Waals surface area contributed by atoms with Crippen molar-refractivity contribution < 1.29 is 14.3 Å². The number of para-hydroxylation sites is 3. The van der Waals surface area contributed by atoms with Gasteiger partial charge in [-0.3, -0.25) is 9.59 Å². The van der Waals surface area contributed by atoms with E-state index in [2.05, 4.69) is 16.4 Å². The molecule has 0 fully saturated rings. The largest absolute Gasteiger partial charge is 0.476 e. The van der Waals surface area contributed by atoms with Crippen molar-refractivity contribution in [2.75, 3.05) is 16.8 Å². The molecule has 1 aromatic heterocycles. The number of nitrogens with one attached hydrogen (secondary N) is 1. The third kappa shape index (κ3) is 3.75. The molecule has 1 aliphatic heterocycles. The molecule has 6 nitrogen and oxygen atoms in total. The highest BCUT2D eigenvalue weighted by Gasteiger charge is 2.32. The minimum atomic E-state index is -0.789. The Kier molecular flexibility index (Phi) is 4.88. The number of anilines is 2. The average Bonchev–Trinajstić information content (AvgIpc) is 3.23. The van der Waals surface area contributed by atoms with Crippen molar-refractivity contribution >= 4 is 44.7 Å². The maximum absolute atomic E-state index is 12.8. The maximum Gasteiger partial charge on any atom is 0.267 e. The van der Waals surface area contributed by atoms with E-state index in [0.29, 0.717) is 17.1 Å². The Morgan fingerprint density at radius 3 is 2.55 bits per heavy atom. The molecule has 1 N–H and O–H groups in total. The fraction of sp³-hybridized carbons (Fsp3) is 0.125. The second-order valence-electron chi connectivity index (χ2n) is 7.26. The third-order valence-corrected chi connectivity index (χ3v) is 6.22. The number of nitrogens with zero attached hydrogens (tertiary/aromatic N) is 2. The lowest BCUT2D eigenvalue weighted by Crippen LogP contribution is -2.48. The zero-order valence-electron chi connectivity index (χ0n) is 16.7. The number of amides is 2. The van der Waals surface area contributed by atoms with Crippen LogP contribution in [0, 0.1) is 0 Å². The summed E-state index contributed by atoms with van der Waals surface area (Å²) in [6, 6.07) is 22.8. The first-order valence-corrected chi connectivity index (χ1v) is 10.7. The van der Waals surface area contributed by atoms with Crippen LogP contribution in [0.5, 0.6) is 5.75 Å². The number of carbonyl (C=O) groups excluding carboxylic acids is 2. The molecule has 1 aliphatic rings. The molecule has 154 valence electrons. The summed E-state index contributed by atoms with van der Waals surface area (Å²) in [5, 5.41) is 3.82. The second kappa shape index (κ2) is 7.85. The van der Waals surface area contributed by atoms with E-state index in [9.17, 15) is 9.59 Å². The van der Waals surface area contributed by atoms with Gasteiger partial charge in [-0.15, -0.1) is 11.3 Å². The van der Waals surface area contributed by atoms with Crippen LogP contribution in [0.4, 0.5) is 11.4 Å². The highest BCUT2D eigenvalue weighted by atomic mass is 32.1. The van der Waals surface area contributed by atoms with Gasteiger partial charge < -0.3 is 15.0 Å². The number of ether oxygens (including phenoxy) is 1. The van der Waals surface area contributed by atoms with E-state index in [1.54, 1.807) is 22.3 Å².